The molecule has 2 atom stereocenters. The first kappa shape index (κ1) is 17.0. The third kappa shape index (κ3) is 5.07. The van der Waals surface area contributed by atoms with Gasteiger partial charge in [-0.1, -0.05) is 53.4 Å². The zero-order chi connectivity index (χ0) is 14.5. The van der Waals surface area contributed by atoms with Gasteiger partial charge >= 0.3 is 0 Å². The molecule has 114 valence electrons. The molecular formula is C17H36N2. The Morgan fingerprint density at radius 1 is 0.842 bits per heavy atom. The zero-order valence-corrected chi connectivity index (χ0v) is 13.9. The fourth-order valence-electron chi connectivity index (χ4n) is 3.55. The van der Waals surface area contributed by atoms with Crippen LogP contribution in [0.15, 0.2) is 0 Å². The van der Waals surface area contributed by atoms with Gasteiger partial charge in [-0.15, -0.1) is 0 Å². The van der Waals surface area contributed by atoms with Gasteiger partial charge in [-0.2, -0.15) is 0 Å². The maximum absolute atomic E-state index is 5.91. The van der Waals surface area contributed by atoms with Crippen LogP contribution in [-0.4, -0.2) is 19.1 Å². The topological polar surface area (TPSA) is 38.0 Å². The Morgan fingerprint density at radius 3 is 1.68 bits per heavy atom. The SMILES string of the molecule is CC1(C)CCCCC1N.CNC1CCCCC1(C)C. The summed E-state index contributed by atoms with van der Waals surface area (Å²) in [7, 11) is 2.08. The van der Waals surface area contributed by atoms with Crippen LogP contribution in [-0.2, 0) is 0 Å². The summed E-state index contributed by atoms with van der Waals surface area (Å²) in [6.45, 7) is 9.29. The minimum absolute atomic E-state index is 0.415. The van der Waals surface area contributed by atoms with Gasteiger partial charge in [-0.05, 0) is 43.6 Å². The first-order chi connectivity index (χ1) is 8.79. The molecule has 0 aliphatic heterocycles. The molecule has 2 saturated carbocycles. The van der Waals surface area contributed by atoms with Crippen molar-refractivity contribution in [1.82, 2.24) is 5.32 Å². The van der Waals surface area contributed by atoms with Crippen LogP contribution in [0.1, 0.15) is 79.1 Å². The Morgan fingerprint density at radius 2 is 1.37 bits per heavy atom. The highest BCUT2D eigenvalue weighted by molar-refractivity contribution is 4.86. The van der Waals surface area contributed by atoms with E-state index in [1.54, 1.807) is 0 Å². The van der Waals surface area contributed by atoms with Crippen molar-refractivity contribution in [3.63, 3.8) is 0 Å². The van der Waals surface area contributed by atoms with Crippen LogP contribution >= 0.6 is 0 Å². The summed E-state index contributed by atoms with van der Waals surface area (Å²) in [6.07, 6.45) is 10.8. The molecule has 0 aromatic heterocycles. The van der Waals surface area contributed by atoms with E-state index < -0.39 is 0 Å². The number of hydrogen-bond donors (Lipinski definition) is 2. The molecule has 2 rings (SSSR count). The van der Waals surface area contributed by atoms with Crippen LogP contribution in [0.25, 0.3) is 0 Å². The highest BCUT2D eigenvalue weighted by atomic mass is 14.9. The first-order valence-corrected chi connectivity index (χ1v) is 8.22. The van der Waals surface area contributed by atoms with Gasteiger partial charge < -0.3 is 11.1 Å². The van der Waals surface area contributed by atoms with Crippen molar-refractivity contribution in [3.8, 4) is 0 Å². The van der Waals surface area contributed by atoms with Gasteiger partial charge in [0, 0.05) is 12.1 Å². The van der Waals surface area contributed by atoms with Crippen molar-refractivity contribution in [3.05, 3.63) is 0 Å². The second-order valence-corrected chi connectivity index (χ2v) is 7.92. The molecule has 2 aliphatic rings. The van der Waals surface area contributed by atoms with Gasteiger partial charge in [0.1, 0.15) is 0 Å². The molecule has 2 aliphatic carbocycles. The molecule has 0 bridgehead atoms. The predicted octanol–water partition coefficient (Wildman–Crippen LogP) is 4.09. The molecule has 19 heavy (non-hydrogen) atoms. The Balaban J connectivity index is 0.000000191. The minimum Gasteiger partial charge on any atom is -0.327 e. The van der Waals surface area contributed by atoms with Crippen LogP contribution < -0.4 is 11.1 Å². The third-order valence-corrected chi connectivity index (χ3v) is 5.45. The lowest BCUT2D eigenvalue weighted by molar-refractivity contribution is 0.176. The van der Waals surface area contributed by atoms with E-state index in [4.69, 9.17) is 5.73 Å². The average Bonchev–Trinajstić information content (AvgIpc) is 2.33. The smallest absolute Gasteiger partial charge is 0.0115 e. The lowest BCUT2D eigenvalue weighted by Gasteiger charge is -2.38. The van der Waals surface area contributed by atoms with Gasteiger partial charge in [0.2, 0.25) is 0 Å². The Labute approximate surface area is 120 Å². The highest BCUT2D eigenvalue weighted by Crippen LogP contribution is 2.35. The van der Waals surface area contributed by atoms with Gasteiger partial charge in [-0.25, -0.2) is 0 Å². The summed E-state index contributed by atoms with van der Waals surface area (Å²) in [5.41, 5.74) is 6.86. The highest BCUT2D eigenvalue weighted by Gasteiger charge is 2.30. The quantitative estimate of drug-likeness (QED) is 0.752. The second kappa shape index (κ2) is 7.08. The number of hydrogen-bond acceptors (Lipinski definition) is 2. The van der Waals surface area contributed by atoms with E-state index in [9.17, 15) is 0 Å². The van der Waals surface area contributed by atoms with Gasteiger partial charge in [-0.3, -0.25) is 0 Å². The summed E-state index contributed by atoms with van der Waals surface area (Å²) in [4.78, 5) is 0. The molecule has 0 spiro atoms. The summed E-state index contributed by atoms with van der Waals surface area (Å²) in [6, 6.07) is 1.20. The lowest BCUT2D eigenvalue weighted by Crippen LogP contribution is -2.42. The molecule has 0 radical (unpaired) electrons. The van der Waals surface area contributed by atoms with Crippen molar-refractivity contribution in [2.75, 3.05) is 7.05 Å². The van der Waals surface area contributed by atoms with E-state index in [0.29, 0.717) is 16.9 Å². The summed E-state index contributed by atoms with van der Waals surface area (Å²) < 4.78 is 0. The molecule has 2 nitrogen and oxygen atoms in total. The predicted molar refractivity (Wildman–Crippen MR) is 85.3 cm³/mol. The van der Waals surface area contributed by atoms with Crippen molar-refractivity contribution < 1.29 is 0 Å². The van der Waals surface area contributed by atoms with Crippen LogP contribution in [0, 0.1) is 10.8 Å². The molecule has 2 fully saturated rings. The molecule has 0 aromatic rings. The summed E-state index contributed by atoms with van der Waals surface area (Å²) >= 11 is 0. The molecule has 3 N–H and O–H groups in total. The Kier molecular flexibility index (Phi) is 6.32. The van der Waals surface area contributed by atoms with Gasteiger partial charge in [0.05, 0.1) is 0 Å². The van der Waals surface area contributed by atoms with E-state index in [1.165, 1.54) is 51.4 Å². The molecule has 0 saturated heterocycles. The van der Waals surface area contributed by atoms with Crippen molar-refractivity contribution in [2.24, 2.45) is 16.6 Å². The fourth-order valence-corrected chi connectivity index (χ4v) is 3.55. The van der Waals surface area contributed by atoms with E-state index in [-0.39, 0.29) is 0 Å². The van der Waals surface area contributed by atoms with Gasteiger partial charge in [0.15, 0.2) is 0 Å². The lowest BCUT2D eigenvalue weighted by atomic mass is 9.73. The molecular weight excluding hydrogens is 232 g/mol. The maximum atomic E-state index is 5.91. The molecule has 0 aromatic carbocycles. The largest absolute Gasteiger partial charge is 0.327 e. The maximum Gasteiger partial charge on any atom is 0.0115 e. The van der Waals surface area contributed by atoms with Crippen molar-refractivity contribution >= 4 is 0 Å². The minimum atomic E-state index is 0.415. The normalized spacial score (nSPS) is 33.2. The second-order valence-electron chi connectivity index (χ2n) is 7.92. The third-order valence-electron chi connectivity index (χ3n) is 5.45. The number of nitrogens with two attached hydrogens (primary N) is 1. The monoisotopic (exact) mass is 268 g/mol. The molecule has 0 amide bonds. The van der Waals surface area contributed by atoms with Crippen molar-refractivity contribution in [1.29, 1.82) is 0 Å². The van der Waals surface area contributed by atoms with E-state index in [1.807, 2.05) is 0 Å². The molecule has 2 unspecified atom stereocenters. The summed E-state index contributed by atoms with van der Waals surface area (Å²) in [5, 5.41) is 3.39. The number of nitrogens with one attached hydrogen (secondary N) is 1. The number of rotatable bonds is 1. The van der Waals surface area contributed by atoms with Crippen molar-refractivity contribution in [2.45, 2.75) is 91.1 Å². The van der Waals surface area contributed by atoms with Crippen LogP contribution in [0.2, 0.25) is 0 Å². The Bertz CT molecular complexity index is 258. The van der Waals surface area contributed by atoms with E-state index in [0.717, 1.165) is 6.04 Å². The van der Waals surface area contributed by atoms with Gasteiger partial charge in [0.25, 0.3) is 0 Å². The molecule has 0 heterocycles. The van der Waals surface area contributed by atoms with Crippen LogP contribution in [0.3, 0.4) is 0 Å². The Hall–Kier alpha value is -0.0800. The average molecular weight is 268 g/mol. The summed E-state index contributed by atoms with van der Waals surface area (Å²) in [5.74, 6) is 0. The van der Waals surface area contributed by atoms with E-state index in [2.05, 4.69) is 40.1 Å². The van der Waals surface area contributed by atoms with Crippen LogP contribution in [0.5, 0.6) is 0 Å². The first-order valence-electron chi connectivity index (χ1n) is 8.22. The van der Waals surface area contributed by atoms with E-state index >= 15 is 0 Å². The molecule has 2 heteroatoms. The van der Waals surface area contributed by atoms with Crippen LogP contribution in [0.4, 0.5) is 0 Å². The fraction of sp³-hybridized carbons (Fsp3) is 1.00. The zero-order valence-electron chi connectivity index (χ0n) is 13.9. The standard InChI is InChI=1S/C9H19N.C8H17N/c1-9(2)7-5-4-6-8(9)10-3;1-8(2)6-4-3-5-7(8)9/h8,10H,4-7H2,1-3H3;7H,3-6,9H2,1-2H3.